The lowest BCUT2D eigenvalue weighted by Gasteiger charge is -2.07. The Bertz CT molecular complexity index is 334. The van der Waals surface area contributed by atoms with E-state index in [4.69, 9.17) is 5.73 Å². The summed E-state index contributed by atoms with van der Waals surface area (Å²) in [6.45, 7) is 4.15. The third-order valence-electron chi connectivity index (χ3n) is 1.92. The molecule has 0 radical (unpaired) electrons. The van der Waals surface area contributed by atoms with Crippen LogP contribution in [0.2, 0.25) is 0 Å². The maximum Gasteiger partial charge on any atom is 0.249 e. The predicted octanol–water partition coefficient (Wildman–Crippen LogP) is 2.67. The van der Waals surface area contributed by atoms with E-state index in [1.807, 2.05) is 18.2 Å². The average molecular weight is 242 g/mol. The second-order valence-electron chi connectivity index (χ2n) is 3.26. The first-order chi connectivity index (χ1) is 6.02. The van der Waals surface area contributed by atoms with Crippen molar-refractivity contribution in [2.24, 2.45) is 5.73 Å². The van der Waals surface area contributed by atoms with E-state index in [9.17, 15) is 4.79 Å². The van der Waals surface area contributed by atoms with Crippen LogP contribution in [0.5, 0.6) is 0 Å². The molecule has 0 aliphatic rings. The van der Waals surface area contributed by atoms with Crippen LogP contribution >= 0.6 is 15.9 Å². The molecule has 1 aromatic rings. The number of rotatable bonds is 2. The molecule has 70 valence electrons. The van der Waals surface area contributed by atoms with Crippen LogP contribution in [0.1, 0.15) is 35.7 Å². The van der Waals surface area contributed by atoms with Gasteiger partial charge in [-0.2, -0.15) is 0 Å². The Hall–Kier alpha value is -0.830. The highest BCUT2D eigenvalue weighted by Crippen LogP contribution is 2.22. The van der Waals surface area contributed by atoms with E-state index in [0.717, 1.165) is 10.0 Å². The maximum absolute atomic E-state index is 11.0. The molecule has 3 heteroatoms. The van der Waals surface area contributed by atoms with Crippen LogP contribution in [0.25, 0.3) is 0 Å². The molecule has 0 saturated carbocycles. The van der Waals surface area contributed by atoms with Gasteiger partial charge in [0, 0.05) is 4.47 Å². The zero-order valence-corrected chi connectivity index (χ0v) is 9.26. The van der Waals surface area contributed by atoms with E-state index < -0.39 is 5.91 Å². The normalized spacial score (nSPS) is 10.5. The van der Waals surface area contributed by atoms with Crippen LogP contribution in [-0.4, -0.2) is 5.91 Å². The second kappa shape index (κ2) is 3.92. The lowest BCUT2D eigenvalue weighted by Crippen LogP contribution is -2.12. The van der Waals surface area contributed by atoms with E-state index in [1.165, 1.54) is 0 Å². The van der Waals surface area contributed by atoms with E-state index in [0.29, 0.717) is 11.5 Å². The molecule has 0 spiro atoms. The van der Waals surface area contributed by atoms with Crippen LogP contribution in [0.3, 0.4) is 0 Å². The molecule has 2 N–H and O–H groups in total. The summed E-state index contributed by atoms with van der Waals surface area (Å²) in [6, 6.07) is 5.67. The topological polar surface area (TPSA) is 43.1 Å². The van der Waals surface area contributed by atoms with Crippen LogP contribution in [0.4, 0.5) is 0 Å². The van der Waals surface area contributed by atoms with Crippen LogP contribution < -0.4 is 5.73 Å². The first kappa shape index (κ1) is 10.3. The summed E-state index contributed by atoms with van der Waals surface area (Å²) in [6.07, 6.45) is 0. The highest BCUT2D eigenvalue weighted by Gasteiger charge is 2.08. The number of benzene rings is 1. The average Bonchev–Trinajstić information content (AvgIpc) is 2.04. The van der Waals surface area contributed by atoms with E-state index in [2.05, 4.69) is 29.8 Å². The zero-order chi connectivity index (χ0) is 10.0. The van der Waals surface area contributed by atoms with Gasteiger partial charge in [0.05, 0.1) is 5.56 Å². The van der Waals surface area contributed by atoms with Crippen molar-refractivity contribution in [2.75, 3.05) is 0 Å². The van der Waals surface area contributed by atoms with Gasteiger partial charge < -0.3 is 5.73 Å². The third-order valence-corrected chi connectivity index (χ3v) is 2.61. The molecule has 0 bridgehead atoms. The molecule has 2 nitrogen and oxygen atoms in total. The first-order valence-corrected chi connectivity index (χ1v) is 4.91. The van der Waals surface area contributed by atoms with Crippen LogP contribution in [0, 0.1) is 0 Å². The van der Waals surface area contributed by atoms with Crippen molar-refractivity contribution in [3.8, 4) is 0 Å². The van der Waals surface area contributed by atoms with Gasteiger partial charge in [-0.15, -0.1) is 0 Å². The van der Waals surface area contributed by atoms with Crippen molar-refractivity contribution in [3.63, 3.8) is 0 Å². The zero-order valence-electron chi connectivity index (χ0n) is 7.67. The lowest BCUT2D eigenvalue weighted by molar-refractivity contribution is 0.0999. The molecule has 1 rings (SSSR count). The Kier molecular flexibility index (Phi) is 3.09. The minimum Gasteiger partial charge on any atom is -0.366 e. The Balaban J connectivity index is 3.19. The predicted molar refractivity (Wildman–Crippen MR) is 56.7 cm³/mol. The molecule has 0 aliphatic heterocycles. The molecule has 0 aliphatic carbocycles. The molecule has 13 heavy (non-hydrogen) atoms. The van der Waals surface area contributed by atoms with Crippen LogP contribution in [0.15, 0.2) is 22.7 Å². The van der Waals surface area contributed by atoms with Crippen molar-refractivity contribution in [1.29, 1.82) is 0 Å². The van der Waals surface area contributed by atoms with Gasteiger partial charge in [-0.1, -0.05) is 19.9 Å². The highest BCUT2D eigenvalue weighted by atomic mass is 79.9. The molecule has 0 atom stereocenters. The number of halogens is 1. The number of primary amides is 1. The van der Waals surface area contributed by atoms with Crippen molar-refractivity contribution in [2.45, 2.75) is 19.8 Å². The summed E-state index contributed by atoms with van der Waals surface area (Å²) in [4.78, 5) is 11.0. The number of nitrogens with two attached hydrogens (primary N) is 1. The second-order valence-corrected chi connectivity index (χ2v) is 4.11. The Morgan fingerprint density at radius 2 is 2.08 bits per heavy atom. The molecule has 0 saturated heterocycles. The molecule has 1 amide bonds. The summed E-state index contributed by atoms with van der Waals surface area (Å²) < 4.78 is 0.754. The van der Waals surface area contributed by atoms with E-state index in [-0.39, 0.29) is 0 Å². The Morgan fingerprint density at radius 3 is 2.54 bits per heavy atom. The van der Waals surface area contributed by atoms with Gasteiger partial charge in [0.2, 0.25) is 5.91 Å². The fourth-order valence-corrected chi connectivity index (χ4v) is 1.53. The maximum atomic E-state index is 11.0. The molecule has 1 aromatic carbocycles. The summed E-state index contributed by atoms with van der Waals surface area (Å²) in [5.41, 5.74) is 6.88. The molecular formula is C10H12BrNO. The summed E-state index contributed by atoms with van der Waals surface area (Å²) in [5, 5.41) is 0. The fraction of sp³-hybridized carbons (Fsp3) is 0.300. The third kappa shape index (κ3) is 2.31. The van der Waals surface area contributed by atoms with Gasteiger partial charge in [0.1, 0.15) is 0 Å². The lowest BCUT2D eigenvalue weighted by atomic mass is 10.0. The quantitative estimate of drug-likeness (QED) is 0.851. The SMILES string of the molecule is CC(C)c1ccc(Br)c(C(N)=O)c1. The summed E-state index contributed by atoms with van der Waals surface area (Å²) in [7, 11) is 0. The monoisotopic (exact) mass is 241 g/mol. The van der Waals surface area contributed by atoms with Crippen molar-refractivity contribution in [3.05, 3.63) is 33.8 Å². The van der Waals surface area contributed by atoms with Gasteiger partial charge in [0.25, 0.3) is 0 Å². The van der Waals surface area contributed by atoms with Gasteiger partial charge in [-0.05, 0) is 39.5 Å². The minimum absolute atomic E-state index is 0.394. The number of carbonyl (C=O) groups is 1. The first-order valence-electron chi connectivity index (χ1n) is 4.11. The Labute approximate surface area is 86.3 Å². The van der Waals surface area contributed by atoms with Gasteiger partial charge in [0.15, 0.2) is 0 Å². The number of amides is 1. The number of carbonyl (C=O) groups excluding carboxylic acids is 1. The van der Waals surface area contributed by atoms with Gasteiger partial charge >= 0.3 is 0 Å². The summed E-state index contributed by atoms with van der Waals surface area (Å²) >= 11 is 3.28. The van der Waals surface area contributed by atoms with Gasteiger partial charge in [-0.25, -0.2) is 0 Å². The van der Waals surface area contributed by atoms with Crippen molar-refractivity contribution < 1.29 is 4.79 Å². The van der Waals surface area contributed by atoms with Crippen LogP contribution in [-0.2, 0) is 0 Å². The molecule has 0 aromatic heterocycles. The van der Waals surface area contributed by atoms with E-state index >= 15 is 0 Å². The largest absolute Gasteiger partial charge is 0.366 e. The minimum atomic E-state index is -0.394. The van der Waals surface area contributed by atoms with Crippen molar-refractivity contribution in [1.82, 2.24) is 0 Å². The van der Waals surface area contributed by atoms with Crippen molar-refractivity contribution >= 4 is 21.8 Å². The molecule has 0 heterocycles. The van der Waals surface area contributed by atoms with Gasteiger partial charge in [-0.3, -0.25) is 4.79 Å². The molecule has 0 fully saturated rings. The standard InChI is InChI=1S/C10H12BrNO/c1-6(2)7-3-4-9(11)8(5-7)10(12)13/h3-6H,1-2H3,(H2,12,13). The summed E-state index contributed by atoms with van der Waals surface area (Å²) in [5.74, 6) is 0.0144. The smallest absolute Gasteiger partial charge is 0.249 e. The molecule has 0 unspecified atom stereocenters. The fourth-order valence-electron chi connectivity index (χ4n) is 1.09. The number of hydrogen-bond donors (Lipinski definition) is 1. The Morgan fingerprint density at radius 1 is 1.46 bits per heavy atom. The molecular weight excluding hydrogens is 230 g/mol. The highest BCUT2D eigenvalue weighted by molar-refractivity contribution is 9.10. The number of hydrogen-bond acceptors (Lipinski definition) is 1. The van der Waals surface area contributed by atoms with E-state index in [1.54, 1.807) is 0 Å².